The number of nitrogens with one attached hydrogen (secondary N) is 2. The molecule has 148 valence electrons. The summed E-state index contributed by atoms with van der Waals surface area (Å²) in [6.07, 6.45) is 3.71. The minimum Gasteiger partial charge on any atom is -0.444 e. The zero-order valence-electron chi connectivity index (χ0n) is 16.5. The third-order valence-electron chi connectivity index (χ3n) is 5.14. The number of amides is 1. The molecule has 1 amide bonds. The van der Waals surface area contributed by atoms with Gasteiger partial charge in [-0.3, -0.25) is 0 Å². The van der Waals surface area contributed by atoms with Crippen LogP contribution in [0.3, 0.4) is 0 Å². The van der Waals surface area contributed by atoms with Crippen molar-refractivity contribution in [3.63, 3.8) is 0 Å². The van der Waals surface area contributed by atoms with Gasteiger partial charge >= 0.3 is 6.09 Å². The van der Waals surface area contributed by atoms with Gasteiger partial charge in [-0.05, 0) is 68.1 Å². The second-order valence-electron chi connectivity index (χ2n) is 8.44. The van der Waals surface area contributed by atoms with E-state index < -0.39 is 5.60 Å². The molecule has 0 spiro atoms. The molecule has 2 aliphatic heterocycles. The Morgan fingerprint density at radius 3 is 2.71 bits per heavy atom. The Morgan fingerprint density at radius 2 is 1.93 bits per heavy atom. The average Bonchev–Trinajstić information content (AvgIpc) is 3.29. The van der Waals surface area contributed by atoms with E-state index in [1.807, 2.05) is 31.9 Å². The van der Waals surface area contributed by atoms with Gasteiger partial charge in [-0.1, -0.05) is 34.1 Å². The van der Waals surface area contributed by atoms with Crippen LogP contribution in [-0.4, -0.2) is 35.3 Å². The van der Waals surface area contributed by atoms with Gasteiger partial charge in [0.25, 0.3) is 0 Å². The zero-order chi connectivity index (χ0) is 19.9. The number of halogens is 1. The fourth-order valence-corrected chi connectivity index (χ4v) is 4.25. The normalized spacial score (nSPS) is 22.0. The highest BCUT2D eigenvalue weighted by Gasteiger charge is 2.38. The van der Waals surface area contributed by atoms with Crippen LogP contribution in [0.5, 0.6) is 0 Å². The molecule has 0 radical (unpaired) electrons. The van der Waals surface area contributed by atoms with Crippen LogP contribution >= 0.6 is 15.9 Å². The highest BCUT2D eigenvalue weighted by molar-refractivity contribution is 9.10. The van der Waals surface area contributed by atoms with Crippen molar-refractivity contribution in [2.24, 2.45) is 0 Å². The number of ether oxygens (including phenoxy) is 1. The molecule has 0 saturated carbocycles. The van der Waals surface area contributed by atoms with E-state index >= 15 is 0 Å². The van der Waals surface area contributed by atoms with Gasteiger partial charge in [0.1, 0.15) is 11.8 Å². The van der Waals surface area contributed by atoms with Crippen molar-refractivity contribution in [1.82, 2.24) is 15.5 Å². The molecule has 28 heavy (non-hydrogen) atoms. The Labute approximate surface area is 174 Å². The lowest BCUT2D eigenvalue weighted by Crippen LogP contribution is -2.52. The predicted octanol–water partition coefficient (Wildman–Crippen LogP) is 4.82. The van der Waals surface area contributed by atoms with Gasteiger partial charge in [-0.2, -0.15) is 0 Å². The van der Waals surface area contributed by atoms with E-state index in [9.17, 15) is 4.79 Å². The number of hydrogen-bond donors (Lipinski definition) is 2. The van der Waals surface area contributed by atoms with Gasteiger partial charge in [0, 0.05) is 17.2 Å². The summed E-state index contributed by atoms with van der Waals surface area (Å²) in [5.74, 6) is 0. The van der Waals surface area contributed by atoms with Crippen molar-refractivity contribution in [2.45, 2.75) is 51.4 Å². The lowest BCUT2D eigenvalue weighted by atomic mass is 10.1. The van der Waals surface area contributed by atoms with Gasteiger partial charge in [-0.15, -0.1) is 0 Å². The maximum Gasteiger partial charge on any atom is 0.410 e. The first-order chi connectivity index (χ1) is 13.3. The van der Waals surface area contributed by atoms with E-state index in [0.29, 0.717) is 0 Å². The number of rotatable bonds is 2. The summed E-state index contributed by atoms with van der Waals surface area (Å²) < 4.78 is 6.67. The van der Waals surface area contributed by atoms with Crippen molar-refractivity contribution in [3.05, 3.63) is 52.6 Å². The lowest BCUT2D eigenvalue weighted by molar-refractivity contribution is 0.0196. The molecule has 2 aliphatic rings. The fourth-order valence-electron chi connectivity index (χ4n) is 3.87. The second kappa shape index (κ2) is 7.32. The first kappa shape index (κ1) is 19.1. The summed E-state index contributed by atoms with van der Waals surface area (Å²) in [4.78, 5) is 14.4. The smallest absolute Gasteiger partial charge is 0.410 e. The van der Waals surface area contributed by atoms with Crippen LogP contribution in [0.25, 0.3) is 16.5 Å². The Morgan fingerprint density at radius 1 is 1.18 bits per heavy atom. The van der Waals surface area contributed by atoms with Crippen molar-refractivity contribution in [3.8, 4) is 0 Å². The Hall–Kier alpha value is -2.21. The minimum absolute atomic E-state index is 0.00867. The second-order valence-corrected chi connectivity index (χ2v) is 9.35. The third-order valence-corrected chi connectivity index (χ3v) is 5.64. The summed E-state index contributed by atoms with van der Waals surface area (Å²) in [5.41, 5.74) is 1.70. The summed E-state index contributed by atoms with van der Waals surface area (Å²) >= 11 is 3.52. The van der Waals surface area contributed by atoms with Gasteiger partial charge in [0.05, 0.1) is 11.7 Å². The summed E-state index contributed by atoms with van der Waals surface area (Å²) in [6.45, 7) is 6.44. The number of benzene rings is 2. The Balaban J connectivity index is 1.47. The average molecular weight is 444 g/mol. The SMILES string of the molecule is CC(C)(C)OC(=O)N1CCC[C@H]1C1NC=C(c2ccc3cc(Br)ccc3c2)N1. The van der Waals surface area contributed by atoms with E-state index in [1.54, 1.807) is 0 Å². The van der Waals surface area contributed by atoms with E-state index in [2.05, 4.69) is 63.0 Å². The lowest BCUT2D eigenvalue weighted by Gasteiger charge is -2.32. The van der Waals surface area contributed by atoms with Crippen LogP contribution in [0.4, 0.5) is 4.79 Å². The first-order valence-corrected chi connectivity index (χ1v) is 10.5. The number of fused-ring (bicyclic) bond motifs is 1. The Bertz CT molecular complexity index is 935. The zero-order valence-corrected chi connectivity index (χ0v) is 18.0. The van der Waals surface area contributed by atoms with Crippen molar-refractivity contribution < 1.29 is 9.53 Å². The molecule has 0 aliphatic carbocycles. The predicted molar refractivity (Wildman–Crippen MR) is 116 cm³/mol. The fraction of sp³-hybridized carbons (Fsp3) is 0.409. The summed E-state index contributed by atoms with van der Waals surface area (Å²) in [7, 11) is 0. The number of carbonyl (C=O) groups excluding carboxylic acids is 1. The molecule has 6 heteroatoms. The monoisotopic (exact) mass is 443 g/mol. The molecule has 2 heterocycles. The van der Waals surface area contributed by atoms with Crippen LogP contribution in [0, 0.1) is 0 Å². The van der Waals surface area contributed by atoms with Crippen LogP contribution in [0.15, 0.2) is 47.1 Å². The Kier molecular flexibility index (Phi) is 5.00. The summed E-state index contributed by atoms with van der Waals surface area (Å²) in [6, 6.07) is 12.8. The van der Waals surface area contributed by atoms with Gasteiger partial charge in [-0.25, -0.2) is 4.79 Å². The molecule has 0 bridgehead atoms. The standard InChI is InChI=1S/C22H26BrN3O2/c1-22(2,3)28-21(27)26-10-4-5-19(26)20-24-13-18(25-20)16-7-6-15-12-17(23)9-8-14(15)11-16/h6-9,11-13,19-20,24-25H,4-5,10H2,1-3H3/t19-,20?/m0/s1. The number of hydrogen-bond acceptors (Lipinski definition) is 4. The maximum atomic E-state index is 12.6. The molecule has 0 aromatic heterocycles. The van der Waals surface area contributed by atoms with Crippen LogP contribution in [0.1, 0.15) is 39.2 Å². The van der Waals surface area contributed by atoms with Gasteiger partial charge in [0.2, 0.25) is 0 Å². The van der Waals surface area contributed by atoms with Crippen molar-refractivity contribution >= 4 is 38.5 Å². The van der Waals surface area contributed by atoms with E-state index in [1.165, 1.54) is 10.8 Å². The van der Waals surface area contributed by atoms with E-state index in [4.69, 9.17) is 4.74 Å². The number of likely N-dealkylation sites (tertiary alicyclic amines) is 1. The molecular weight excluding hydrogens is 418 g/mol. The molecule has 5 nitrogen and oxygen atoms in total. The van der Waals surface area contributed by atoms with E-state index in [-0.39, 0.29) is 18.3 Å². The number of nitrogens with zero attached hydrogens (tertiary/aromatic N) is 1. The van der Waals surface area contributed by atoms with Gasteiger partial charge in [0.15, 0.2) is 0 Å². The molecule has 2 N–H and O–H groups in total. The molecule has 1 unspecified atom stereocenters. The summed E-state index contributed by atoms with van der Waals surface area (Å²) in [5, 5.41) is 9.39. The third kappa shape index (κ3) is 3.97. The van der Waals surface area contributed by atoms with Crippen molar-refractivity contribution in [1.29, 1.82) is 0 Å². The minimum atomic E-state index is -0.482. The maximum absolute atomic E-state index is 12.6. The van der Waals surface area contributed by atoms with E-state index in [0.717, 1.165) is 35.1 Å². The van der Waals surface area contributed by atoms with Gasteiger partial charge < -0.3 is 20.3 Å². The van der Waals surface area contributed by atoms with Crippen LogP contribution < -0.4 is 10.6 Å². The topological polar surface area (TPSA) is 53.6 Å². The molecule has 2 atom stereocenters. The first-order valence-electron chi connectivity index (χ1n) is 9.72. The number of carbonyl (C=O) groups is 1. The van der Waals surface area contributed by atoms with Crippen molar-refractivity contribution in [2.75, 3.05) is 6.54 Å². The molecule has 1 fully saturated rings. The molecule has 4 rings (SSSR count). The molecule has 2 aromatic carbocycles. The highest BCUT2D eigenvalue weighted by Crippen LogP contribution is 2.28. The van der Waals surface area contributed by atoms with Crippen LogP contribution in [-0.2, 0) is 4.74 Å². The quantitative estimate of drug-likeness (QED) is 0.698. The molecule has 1 saturated heterocycles. The highest BCUT2D eigenvalue weighted by atomic mass is 79.9. The molecule has 2 aromatic rings. The largest absolute Gasteiger partial charge is 0.444 e. The molecular formula is C22H26BrN3O2. The van der Waals surface area contributed by atoms with Crippen LogP contribution in [0.2, 0.25) is 0 Å².